The average Bonchev–Trinajstić information content (AvgIpc) is 3.14. The van der Waals surface area contributed by atoms with Crippen LogP contribution in [0.3, 0.4) is 0 Å². The van der Waals surface area contributed by atoms with Crippen LogP contribution in [0.25, 0.3) is 11.2 Å². The number of imidazole rings is 1. The molecule has 1 fully saturated rings. The first-order chi connectivity index (χ1) is 14.6. The molecule has 0 spiro atoms. The third kappa shape index (κ3) is 4.05. The minimum atomic E-state index is -0.430. The van der Waals surface area contributed by atoms with E-state index in [-0.39, 0.29) is 5.56 Å². The van der Waals surface area contributed by atoms with Gasteiger partial charge in [-0.3, -0.25) is 19.2 Å². The van der Waals surface area contributed by atoms with Gasteiger partial charge in [0.25, 0.3) is 5.56 Å². The maximum Gasteiger partial charge on any atom is 0.329 e. The molecular weight excluding hydrogens is 380 g/mol. The van der Waals surface area contributed by atoms with Crippen molar-refractivity contribution < 1.29 is 0 Å². The Kier molecular flexibility index (Phi) is 6.03. The van der Waals surface area contributed by atoms with E-state index < -0.39 is 5.69 Å². The standard InChI is InChI=1S/C22H30N6O2/c1-3-11-26-13-15-27(16-14-26)21-23-19-18(20(29)24-22(30)25(19)2)28(21)12-7-10-17-8-5-4-6-9-17/h4-6,8-9H,3,7,10-16H2,1-2H3,(H,24,29,30). The number of aryl methyl sites for hydroxylation is 3. The summed E-state index contributed by atoms with van der Waals surface area (Å²) >= 11 is 0. The van der Waals surface area contributed by atoms with Gasteiger partial charge in [-0.1, -0.05) is 37.3 Å². The molecule has 2 aromatic heterocycles. The smallest absolute Gasteiger partial charge is 0.329 e. The number of nitrogens with one attached hydrogen (secondary N) is 1. The molecule has 4 rings (SSSR count). The second-order valence-electron chi connectivity index (χ2n) is 7.97. The number of nitrogens with zero attached hydrogens (tertiary/aromatic N) is 5. The Morgan fingerprint density at radius 2 is 1.77 bits per heavy atom. The number of rotatable bonds is 7. The van der Waals surface area contributed by atoms with E-state index in [1.54, 1.807) is 7.05 Å². The maximum absolute atomic E-state index is 12.7. The van der Waals surface area contributed by atoms with Gasteiger partial charge in [-0.2, -0.15) is 4.98 Å². The first kappa shape index (κ1) is 20.4. The van der Waals surface area contributed by atoms with E-state index >= 15 is 0 Å². The van der Waals surface area contributed by atoms with Crippen molar-refractivity contribution in [2.24, 2.45) is 7.05 Å². The number of aromatic nitrogens is 4. The molecule has 8 heteroatoms. The summed E-state index contributed by atoms with van der Waals surface area (Å²) in [6, 6.07) is 10.4. The average molecular weight is 411 g/mol. The molecule has 3 heterocycles. The molecule has 30 heavy (non-hydrogen) atoms. The van der Waals surface area contributed by atoms with Crippen LogP contribution in [0, 0.1) is 0 Å². The molecule has 1 aromatic carbocycles. The summed E-state index contributed by atoms with van der Waals surface area (Å²) in [5.74, 6) is 0.793. The normalized spacial score (nSPS) is 15.2. The van der Waals surface area contributed by atoms with E-state index in [1.807, 2.05) is 22.8 Å². The van der Waals surface area contributed by atoms with E-state index in [2.05, 4.69) is 33.8 Å². The van der Waals surface area contributed by atoms with Gasteiger partial charge in [0.1, 0.15) is 0 Å². The lowest BCUT2D eigenvalue weighted by Gasteiger charge is -2.35. The van der Waals surface area contributed by atoms with Crippen LogP contribution in [0.2, 0.25) is 0 Å². The van der Waals surface area contributed by atoms with E-state index in [9.17, 15) is 9.59 Å². The number of hydrogen-bond acceptors (Lipinski definition) is 5. The predicted molar refractivity (Wildman–Crippen MR) is 119 cm³/mol. The zero-order chi connectivity index (χ0) is 21.1. The minimum Gasteiger partial charge on any atom is -0.340 e. The molecule has 0 bridgehead atoms. The van der Waals surface area contributed by atoms with Gasteiger partial charge in [-0.05, 0) is 31.4 Å². The number of fused-ring (bicyclic) bond motifs is 1. The van der Waals surface area contributed by atoms with Gasteiger partial charge in [0.05, 0.1) is 0 Å². The van der Waals surface area contributed by atoms with Gasteiger partial charge >= 0.3 is 5.69 Å². The Balaban J connectivity index is 1.65. The number of H-pyrrole nitrogens is 1. The van der Waals surface area contributed by atoms with E-state index in [4.69, 9.17) is 4.98 Å². The molecule has 1 saturated heterocycles. The topological polar surface area (TPSA) is 79.2 Å². The summed E-state index contributed by atoms with van der Waals surface area (Å²) in [7, 11) is 1.66. The van der Waals surface area contributed by atoms with Crippen molar-refractivity contribution in [2.75, 3.05) is 37.6 Å². The molecule has 1 N–H and O–H groups in total. The molecule has 3 aromatic rings. The fourth-order valence-corrected chi connectivity index (χ4v) is 4.25. The molecule has 8 nitrogen and oxygen atoms in total. The fourth-order valence-electron chi connectivity index (χ4n) is 4.25. The van der Waals surface area contributed by atoms with E-state index in [0.29, 0.717) is 17.7 Å². The highest BCUT2D eigenvalue weighted by atomic mass is 16.2. The highest BCUT2D eigenvalue weighted by Crippen LogP contribution is 2.22. The fraction of sp³-hybridized carbons (Fsp3) is 0.500. The third-order valence-corrected chi connectivity index (χ3v) is 5.87. The molecule has 1 aliphatic rings. The summed E-state index contributed by atoms with van der Waals surface area (Å²) < 4.78 is 3.44. The molecule has 0 radical (unpaired) electrons. The SMILES string of the molecule is CCCN1CCN(c2nc3c(c(=O)[nH]c(=O)n3C)n2CCCc2ccccc2)CC1. The van der Waals surface area contributed by atoms with Crippen LogP contribution in [0.4, 0.5) is 5.95 Å². The van der Waals surface area contributed by atoms with Crippen molar-refractivity contribution in [1.29, 1.82) is 0 Å². The second kappa shape index (κ2) is 8.87. The molecule has 0 unspecified atom stereocenters. The summed E-state index contributed by atoms with van der Waals surface area (Å²) in [6.07, 6.45) is 2.96. The summed E-state index contributed by atoms with van der Waals surface area (Å²) in [6.45, 7) is 7.69. The molecule has 0 amide bonds. The lowest BCUT2D eigenvalue weighted by Crippen LogP contribution is -2.47. The van der Waals surface area contributed by atoms with E-state index in [0.717, 1.165) is 57.9 Å². The van der Waals surface area contributed by atoms with Gasteiger partial charge in [-0.25, -0.2) is 4.79 Å². The zero-order valence-corrected chi connectivity index (χ0v) is 17.8. The predicted octanol–water partition coefficient (Wildman–Crippen LogP) is 1.59. The van der Waals surface area contributed by atoms with Crippen LogP contribution < -0.4 is 16.1 Å². The van der Waals surface area contributed by atoms with Crippen LogP contribution >= 0.6 is 0 Å². The van der Waals surface area contributed by atoms with Crippen molar-refractivity contribution in [3.05, 3.63) is 56.7 Å². The third-order valence-electron chi connectivity index (χ3n) is 5.87. The second-order valence-corrected chi connectivity index (χ2v) is 7.97. The first-order valence-electron chi connectivity index (χ1n) is 10.8. The van der Waals surface area contributed by atoms with Gasteiger partial charge in [-0.15, -0.1) is 0 Å². The lowest BCUT2D eigenvalue weighted by atomic mass is 10.1. The van der Waals surface area contributed by atoms with Crippen LogP contribution in [0.5, 0.6) is 0 Å². The van der Waals surface area contributed by atoms with Gasteiger partial charge in [0.15, 0.2) is 11.2 Å². The summed E-state index contributed by atoms with van der Waals surface area (Å²) in [4.78, 5) is 36.7. The van der Waals surface area contributed by atoms with Crippen LogP contribution in [-0.2, 0) is 20.0 Å². The van der Waals surface area contributed by atoms with Crippen molar-refractivity contribution >= 4 is 17.1 Å². The van der Waals surface area contributed by atoms with Crippen LogP contribution in [0.1, 0.15) is 25.3 Å². The van der Waals surface area contributed by atoms with Crippen molar-refractivity contribution in [3.63, 3.8) is 0 Å². The Hall–Kier alpha value is -2.87. The number of benzene rings is 1. The van der Waals surface area contributed by atoms with Gasteiger partial charge in [0, 0.05) is 39.8 Å². The van der Waals surface area contributed by atoms with E-state index in [1.165, 1.54) is 10.1 Å². The molecule has 0 saturated carbocycles. The Morgan fingerprint density at radius 3 is 2.47 bits per heavy atom. The summed E-state index contributed by atoms with van der Waals surface area (Å²) in [5.41, 5.74) is 1.42. The zero-order valence-electron chi connectivity index (χ0n) is 17.8. The lowest BCUT2D eigenvalue weighted by molar-refractivity contribution is 0.256. The van der Waals surface area contributed by atoms with Crippen LogP contribution in [0.15, 0.2) is 39.9 Å². The Labute approximate surface area is 175 Å². The van der Waals surface area contributed by atoms with Crippen molar-refractivity contribution in [2.45, 2.75) is 32.7 Å². The highest BCUT2D eigenvalue weighted by Gasteiger charge is 2.24. The molecule has 1 aliphatic heterocycles. The van der Waals surface area contributed by atoms with Gasteiger partial charge < -0.3 is 9.47 Å². The molecule has 160 valence electrons. The van der Waals surface area contributed by atoms with Crippen LogP contribution in [-0.4, -0.2) is 56.7 Å². The molecule has 0 aliphatic carbocycles. The van der Waals surface area contributed by atoms with Crippen molar-refractivity contribution in [3.8, 4) is 0 Å². The molecular formula is C22H30N6O2. The number of piperazine rings is 1. The molecule has 0 atom stereocenters. The number of aromatic amines is 1. The summed E-state index contributed by atoms with van der Waals surface area (Å²) in [5, 5.41) is 0. The maximum atomic E-state index is 12.7. The highest BCUT2D eigenvalue weighted by molar-refractivity contribution is 5.74. The largest absolute Gasteiger partial charge is 0.340 e. The minimum absolute atomic E-state index is 0.365. The monoisotopic (exact) mass is 410 g/mol. The Bertz CT molecular complexity index is 1110. The quantitative estimate of drug-likeness (QED) is 0.640. The first-order valence-corrected chi connectivity index (χ1v) is 10.8. The number of anilines is 1. The Morgan fingerprint density at radius 1 is 1.03 bits per heavy atom. The van der Waals surface area contributed by atoms with Crippen molar-refractivity contribution in [1.82, 2.24) is 24.0 Å². The van der Waals surface area contributed by atoms with Gasteiger partial charge in [0.2, 0.25) is 5.95 Å². The number of hydrogen-bond donors (Lipinski definition) is 1.